The Morgan fingerprint density at radius 2 is 0.336 bits per heavy atom. The van der Waals surface area contributed by atoms with Crippen LogP contribution in [0.15, 0.2) is 445 Å². The fourth-order valence-corrected chi connectivity index (χ4v) is 18.8. The molecule has 3 aromatic heterocycles. The van der Waals surface area contributed by atoms with E-state index < -0.39 is 0 Å². The van der Waals surface area contributed by atoms with Crippen LogP contribution in [-0.2, 0) is 92.5 Å². The van der Waals surface area contributed by atoms with E-state index >= 15 is 0 Å². The lowest BCUT2D eigenvalue weighted by Gasteiger charge is -2.18. The van der Waals surface area contributed by atoms with Gasteiger partial charge < -0.3 is 66.3 Å². The molecule has 16 aromatic carbocycles. The first-order valence-corrected chi connectivity index (χ1v) is 51.0. The maximum atomic E-state index is 6.82. The largest absolute Gasteiger partial charge is 0.489 e. The molecular formula is C126H102Br2N2O14S2. The summed E-state index contributed by atoms with van der Waals surface area (Å²) in [5.41, 5.74) is 18.3. The number of hydrogen-bond donors (Lipinski definition) is 0. The van der Waals surface area contributed by atoms with Gasteiger partial charge in [-0.15, -0.1) is 22.7 Å². The van der Waals surface area contributed by atoms with Gasteiger partial charge >= 0.3 is 0 Å². The molecule has 20 heteroatoms. The van der Waals surface area contributed by atoms with Crippen LogP contribution in [-0.4, -0.2) is 9.97 Å². The summed E-state index contributed by atoms with van der Waals surface area (Å²) in [4.78, 5) is 13.1. The lowest BCUT2D eigenvalue weighted by molar-refractivity contribution is 0.273. The van der Waals surface area contributed by atoms with Crippen molar-refractivity contribution in [2.75, 3.05) is 0 Å². The minimum atomic E-state index is 0.125. The van der Waals surface area contributed by atoms with Gasteiger partial charge in [0.1, 0.15) is 173 Å². The molecule has 146 heavy (non-hydrogen) atoms. The fourth-order valence-electron chi connectivity index (χ4n) is 16.1. The second-order valence-electron chi connectivity index (χ2n) is 34.6. The Bertz CT molecular complexity index is 6540. The van der Waals surface area contributed by atoms with Gasteiger partial charge in [-0.3, -0.25) is 0 Å². The highest BCUT2D eigenvalue weighted by Crippen LogP contribution is 2.43. The van der Waals surface area contributed by atoms with Crippen molar-refractivity contribution in [2.45, 2.75) is 92.5 Å². The molecule has 0 saturated carbocycles. The zero-order chi connectivity index (χ0) is 99.2. The highest BCUT2D eigenvalue weighted by atomic mass is 79.9. The van der Waals surface area contributed by atoms with Gasteiger partial charge in [0.15, 0.2) is 0 Å². The Balaban J connectivity index is 0.618. The summed E-state index contributed by atoms with van der Waals surface area (Å²) in [6.45, 7) is 13.2. The van der Waals surface area contributed by atoms with Crippen molar-refractivity contribution in [3.63, 3.8) is 0 Å². The lowest BCUT2D eigenvalue weighted by Crippen LogP contribution is -2.06. The molecule has 0 atom stereocenters. The highest BCUT2D eigenvalue weighted by Gasteiger charge is 2.25. The molecular weight excluding hydrogens is 1990 g/mol. The maximum Gasteiger partial charge on any atom is 0.123 e. The van der Waals surface area contributed by atoms with Crippen LogP contribution in [0.5, 0.6) is 80.5 Å². The zero-order valence-electron chi connectivity index (χ0n) is 79.9. The third-order valence-corrected chi connectivity index (χ3v) is 26.9. The summed E-state index contributed by atoms with van der Waals surface area (Å²) in [6.07, 6.45) is 0. The van der Waals surface area contributed by atoms with E-state index in [1.54, 1.807) is 22.7 Å². The summed E-state index contributed by atoms with van der Waals surface area (Å²) >= 11 is 10.6. The van der Waals surface area contributed by atoms with Crippen molar-refractivity contribution in [1.82, 2.24) is 9.97 Å². The number of benzene rings is 16. The van der Waals surface area contributed by atoms with E-state index in [9.17, 15) is 0 Å². The van der Waals surface area contributed by atoms with Gasteiger partial charge in [0.2, 0.25) is 0 Å². The van der Waals surface area contributed by atoms with Gasteiger partial charge in [0, 0.05) is 68.4 Å². The summed E-state index contributed by atoms with van der Waals surface area (Å²) in [5.74, 6) is 8.43. The molecule has 0 saturated heterocycles. The number of aromatic nitrogens is 2. The maximum absolute atomic E-state index is 6.82. The minimum Gasteiger partial charge on any atom is -0.489 e. The van der Waals surface area contributed by atoms with Crippen LogP contribution in [0.3, 0.4) is 0 Å². The summed E-state index contributed by atoms with van der Waals surface area (Å²) < 4.78 is 94.4. The third-order valence-electron chi connectivity index (χ3n) is 23.5. The lowest BCUT2D eigenvalue weighted by atomic mass is 9.99. The van der Waals surface area contributed by atoms with Gasteiger partial charge in [-0.25, -0.2) is 9.97 Å². The number of ether oxygens (including phenoxy) is 14. The molecule has 3 heterocycles. The summed E-state index contributed by atoms with van der Waals surface area (Å²) in [7, 11) is 0. The Morgan fingerprint density at radius 1 is 0.178 bits per heavy atom. The molecule has 0 fully saturated rings. The van der Waals surface area contributed by atoms with E-state index in [-0.39, 0.29) is 39.6 Å². The molecule has 0 N–H and O–H groups in total. The van der Waals surface area contributed by atoms with Crippen molar-refractivity contribution in [3.05, 3.63) is 544 Å². The average molecular weight is 2090 g/mol. The van der Waals surface area contributed by atoms with E-state index in [2.05, 4.69) is 31.9 Å². The smallest absolute Gasteiger partial charge is 0.123 e. The number of nitrogens with zero attached hydrogens (tertiary/aromatic N) is 2. The normalized spacial score (nSPS) is 11.0. The predicted octanol–water partition coefficient (Wildman–Crippen LogP) is 31.7. The molecule has 0 spiro atoms. The number of halogens is 2. The van der Waals surface area contributed by atoms with Crippen LogP contribution in [0.1, 0.15) is 99.0 Å². The quantitative estimate of drug-likeness (QED) is 0.0355. The SMILES string of the molecule is C=C(c1ccc(Br)s1)c1nc(-c2ccc(OCc3cc(OCc4cc(OCc5ccccc5)cc(OCc5ccccc5)c4)cc(OCc4cc(OCc5ccccc5)cc(OCc5ccccc5)c4)c3)cc2)c(-c2ccc(OCc3cc(OCc4cc(OCc5ccccc5)cc(OCc5ccccc5)c4)cc(OCc4cc(OCc5ccccc5)cc(OCc5ccccc5)c4)c3)cc2)nc1C(=C)c1ccc(Br)s1. The number of thiophene rings is 2. The Morgan fingerprint density at radius 3 is 0.493 bits per heavy atom. The van der Waals surface area contributed by atoms with E-state index in [1.807, 2.05) is 425 Å². The molecule has 0 aliphatic heterocycles. The van der Waals surface area contributed by atoms with E-state index in [0.29, 0.717) is 167 Å². The van der Waals surface area contributed by atoms with Crippen LogP contribution >= 0.6 is 54.5 Å². The molecule has 0 amide bonds. The topological polar surface area (TPSA) is 155 Å². The van der Waals surface area contributed by atoms with Crippen molar-refractivity contribution in [3.8, 4) is 103 Å². The zero-order valence-corrected chi connectivity index (χ0v) is 84.7. The Kier molecular flexibility index (Phi) is 33.4. The Labute approximate surface area is 875 Å². The van der Waals surface area contributed by atoms with Crippen LogP contribution in [0.4, 0.5) is 0 Å². The van der Waals surface area contributed by atoms with E-state index in [4.69, 9.17) is 89.4 Å². The molecule has 0 unspecified atom stereocenters. The highest BCUT2D eigenvalue weighted by molar-refractivity contribution is 9.11. The monoisotopic (exact) mass is 2090 g/mol. The molecule has 0 aliphatic rings. The van der Waals surface area contributed by atoms with Crippen LogP contribution in [0, 0.1) is 0 Å². The Hall–Kier alpha value is -16.4. The fraction of sp³-hybridized carbons (Fsp3) is 0.111. The van der Waals surface area contributed by atoms with E-state index in [0.717, 1.165) is 106 Å². The average Bonchev–Trinajstić information content (AvgIpc) is 1.21. The summed E-state index contributed by atoms with van der Waals surface area (Å²) in [5, 5.41) is 0. The second-order valence-corrected chi connectivity index (χ2v) is 39.6. The van der Waals surface area contributed by atoms with Crippen LogP contribution in [0.2, 0.25) is 0 Å². The van der Waals surface area contributed by atoms with Crippen LogP contribution < -0.4 is 66.3 Å². The van der Waals surface area contributed by atoms with Crippen molar-refractivity contribution in [2.24, 2.45) is 0 Å². The van der Waals surface area contributed by atoms with Gasteiger partial charge in [-0.05, 0) is 255 Å². The van der Waals surface area contributed by atoms with Gasteiger partial charge in [0.25, 0.3) is 0 Å². The van der Waals surface area contributed by atoms with Crippen molar-refractivity contribution >= 4 is 65.7 Å². The van der Waals surface area contributed by atoms with Gasteiger partial charge in [-0.1, -0.05) is 256 Å². The van der Waals surface area contributed by atoms with Gasteiger partial charge in [0.05, 0.1) is 30.3 Å². The first-order chi connectivity index (χ1) is 71.8. The molecule has 19 rings (SSSR count). The van der Waals surface area contributed by atoms with Crippen LogP contribution in [0.25, 0.3) is 33.7 Å². The second kappa shape index (κ2) is 49.6. The number of hydrogen-bond acceptors (Lipinski definition) is 18. The van der Waals surface area contributed by atoms with Gasteiger partial charge in [-0.2, -0.15) is 0 Å². The first kappa shape index (κ1) is 98.4. The molecule has 0 bridgehead atoms. The third kappa shape index (κ3) is 28.6. The first-order valence-electron chi connectivity index (χ1n) is 47.8. The van der Waals surface area contributed by atoms with E-state index in [1.165, 1.54) is 0 Å². The number of rotatable bonds is 48. The standard InChI is InChI=1S/C126H102Br2N2O14S2/c1-87(119-51-53-121(127)145-119)123-124(88(2)120-52-54-122(128)146-120)130-126(104-45-49-106(50-46-104)132-82-98-57-117(143-85-101-63-111(137-77-93-35-19-7-20-36-93)69-112(64-101)138-78-94-37-21-8-22-38-94)72-118(58-98)144-86-102-65-113(139-79-95-39-23-9-24-40-95)70-114(66-102)140-80-96-41-25-10-26-42-96)125(129-123)103-43-47-105(48-44-103)131-81-97-55-115(141-83-99-59-107(133-73-89-27-11-3-12-28-89)67-108(60-99)134-74-90-29-13-4-14-30-90)71-116(56-97)142-84-100-61-109(135-75-91-31-15-5-16-32-91)68-110(62-100)136-76-92-33-17-6-18-34-92/h3-72H,1-2,73-86H2. The molecule has 16 nitrogen and oxygen atoms in total. The predicted molar refractivity (Wildman–Crippen MR) is 584 cm³/mol. The molecule has 0 aliphatic carbocycles. The van der Waals surface area contributed by atoms with Crippen molar-refractivity contribution in [1.29, 1.82) is 0 Å². The molecule has 0 radical (unpaired) electrons. The minimum absolute atomic E-state index is 0.125. The molecule has 726 valence electrons. The summed E-state index contributed by atoms with van der Waals surface area (Å²) in [6, 6.07) is 140. The molecule has 19 aromatic rings. The van der Waals surface area contributed by atoms with Crippen molar-refractivity contribution < 1.29 is 66.3 Å².